The topological polar surface area (TPSA) is 76.2 Å². The van der Waals surface area contributed by atoms with Gasteiger partial charge in [-0.1, -0.05) is 46.0 Å². The van der Waals surface area contributed by atoms with Crippen LogP contribution in [0.15, 0.2) is 0 Å². The van der Waals surface area contributed by atoms with Crippen LogP contribution in [0.25, 0.3) is 0 Å². The zero-order chi connectivity index (χ0) is 19.1. The summed E-state index contributed by atoms with van der Waals surface area (Å²) in [5.41, 5.74) is 0. The summed E-state index contributed by atoms with van der Waals surface area (Å²) in [6.07, 6.45) is 6.90. The molecule has 0 aliphatic carbocycles. The lowest BCUT2D eigenvalue weighted by Gasteiger charge is -2.21. The van der Waals surface area contributed by atoms with Crippen molar-refractivity contribution in [1.82, 2.24) is 9.80 Å². The highest BCUT2D eigenvalue weighted by Gasteiger charge is 2.19. The largest absolute Gasteiger partial charge is 0.464 e. The summed E-state index contributed by atoms with van der Waals surface area (Å²) in [4.78, 5) is 37.8. The molecule has 2 amide bonds. The standard InChI is InChI=1S/C18H34N2O5/c1-5-7-8-9-10-11-13-24-17(22)15-19(3)16(21)14-20(4)18(23)25-12-6-2/h5-15H2,1-4H3. The van der Waals surface area contributed by atoms with Gasteiger partial charge in [0.25, 0.3) is 0 Å². The summed E-state index contributed by atoms with van der Waals surface area (Å²) in [7, 11) is 3.00. The van der Waals surface area contributed by atoms with Gasteiger partial charge in [0.05, 0.1) is 13.2 Å². The highest BCUT2D eigenvalue weighted by molar-refractivity contribution is 5.85. The van der Waals surface area contributed by atoms with Crippen molar-refractivity contribution < 1.29 is 23.9 Å². The number of esters is 1. The lowest BCUT2D eigenvalue weighted by molar-refractivity contribution is -0.148. The second-order valence-electron chi connectivity index (χ2n) is 6.21. The minimum absolute atomic E-state index is 0.119. The predicted molar refractivity (Wildman–Crippen MR) is 96.2 cm³/mol. The number of unbranched alkanes of at least 4 members (excludes halogenated alkanes) is 5. The summed E-state index contributed by atoms with van der Waals surface area (Å²) in [5, 5.41) is 0. The molecule has 0 rings (SSSR count). The van der Waals surface area contributed by atoms with E-state index >= 15 is 0 Å². The Morgan fingerprint density at radius 2 is 1.36 bits per heavy atom. The number of ether oxygens (including phenoxy) is 2. The van der Waals surface area contributed by atoms with Gasteiger partial charge in [-0.2, -0.15) is 0 Å². The molecule has 7 nitrogen and oxygen atoms in total. The molecule has 0 radical (unpaired) electrons. The third kappa shape index (κ3) is 12.3. The Kier molecular flexibility index (Phi) is 13.5. The molecule has 0 bridgehead atoms. The highest BCUT2D eigenvalue weighted by Crippen LogP contribution is 2.05. The third-order valence-corrected chi connectivity index (χ3v) is 3.67. The maximum atomic E-state index is 12.0. The van der Waals surface area contributed by atoms with E-state index in [4.69, 9.17) is 9.47 Å². The Morgan fingerprint density at radius 1 is 0.720 bits per heavy atom. The summed E-state index contributed by atoms with van der Waals surface area (Å²) in [6.45, 7) is 4.51. The van der Waals surface area contributed by atoms with Gasteiger partial charge in [-0.3, -0.25) is 9.59 Å². The number of nitrogens with zero attached hydrogens (tertiary/aromatic N) is 2. The molecule has 0 saturated heterocycles. The number of hydrogen-bond acceptors (Lipinski definition) is 5. The molecule has 0 aromatic rings. The first kappa shape index (κ1) is 23.2. The monoisotopic (exact) mass is 358 g/mol. The van der Waals surface area contributed by atoms with Crippen LogP contribution in [0.3, 0.4) is 0 Å². The number of carbonyl (C=O) groups excluding carboxylic acids is 3. The number of likely N-dealkylation sites (N-methyl/N-ethyl adjacent to an activating group) is 2. The average Bonchev–Trinajstić information content (AvgIpc) is 2.58. The van der Waals surface area contributed by atoms with Crippen LogP contribution in [-0.4, -0.2) is 68.2 Å². The van der Waals surface area contributed by atoms with E-state index in [0.29, 0.717) is 13.2 Å². The van der Waals surface area contributed by atoms with Gasteiger partial charge in [0.1, 0.15) is 13.1 Å². The smallest absolute Gasteiger partial charge is 0.409 e. The first-order valence-corrected chi connectivity index (χ1v) is 9.19. The fourth-order valence-corrected chi connectivity index (χ4v) is 2.08. The highest BCUT2D eigenvalue weighted by atomic mass is 16.6. The van der Waals surface area contributed by atoms with Crippen molar-refractivity contribution >= 4 is 18.0 Å². The normalized spacial score (nSPS) is 10.2. The maximum Gasteiger partial charge on any atom is 0.409 e. The summed E-state index contributed by atoms with van der Waals surface area (Å²) in [5.74, 6) is -0.770. The van der Waals surface area contributed by atoms with E-state index in [1.165, 1.54) is 43.2 Å². The molecule has 0 heterocycles. The SMILES string of the molecule is CCCCCCCCOC(=O)CN(C)C(=O)CN(C)C(=O)OCCC. The molecule has 0 aliphatic heterocycles. The molecule has 25 heavy (non-hydrogen) atoms. The summed E-state index contributed by atoms with van der Waals surface area (Å²) < 4.78 is 10.1. The number of hydrogen-bond donors (Lipinski definition) is 0. The van der Waals surface area contributed by atoms with Gasteiger partial charge in [0, 0.05) is 14.1 Å². The fourth-order valence-electron chi connectivity index (χ4n) is 2.08. The second kappa shape index (κ2) is 14.5. The lowest BCUT2D eigenvalue weighted by atomic mass is 10.1. The van der Waals surface area contributed by atoms with E-state index in [0.717, 1.165) is 25.7 Å². The first-order chi connectivity index (χ1) is 11.9. The van der Waals surface area contributed by atoms with Crippen molar-refractivity contribution in [2.45, 2.75) is 58.8 Å². The molecule has 0 saturated carbocycles. The van der Waals surface area contributed by atoms with E-state index < -0.39 is 12.1 Å². The van der Waals surface area contributed by atoms with Crippen LogP contribution in [-0.2, 0) is 19.1 Å². The summed E-state index contributed by atoms with van der Waals surface area (Å²) >= 11 is 0. The Bertz CT molecular complexity index is 401. The number of carbonyl (C=O) groups is 3. The molecule has 0 aliphatic rings. The zero-order valence-electron chi connectivity index (χ0n) is 16.2. The molecule has 0 atom stereocenters. The van der Waals surface area contributed by atoms with Gasteiger partial charge in [-0.15, -0.1) is 0 Å². The first-order valence-electron chi connectivity index (χ1n) is 9.19. The quantitative estimate of drug-likeness (QED) is 0.374. The Hall–Kier alpha value is -1.79. The van der Waals surface area contributed by atoms with Crippen molar-refractivity contribution in [1.29, 1.82) is 0 Å². The van der Waals surface area contributed by atoms with Gasteiger partial charge in [0.15, 0.2) is 0 Å². The fraction of sp³-hybridized carbons (Fsp3) is 0.833. The minimum atomic E-state index is -0.547. The molecule has 7 heteroatoms. The molecule has 0 unspecified atom stereocenters. The molecule has 146 valence electrons. The van der Waals surface area contributed by atoms with Crippen LogP contribution >= 0.6 is 0 Å². The Labute approximate surface area is 151 Å². The molecule has 0 aromatic carbocycles. The Balaban J connectivity index is 3.90. The molecular weight excluding hydrogens is 324 g/mol. The van der Waals surface area contributed by atoms with E-state index in [1.807, 2.05) is 6.92 Å². The lowest BCUT2D eigenvalue weighted by Crippen LogP contribution is -2.41. The van der Waals surface area contributed by atoms with Crippen molar-refractivity contribution in [3.05, 3.63) is 0 Å². The van der Waals surface area contributed by atoms with Crippen LogP contribution < -0.4 is 0 Å². The van der Waals surface area contributed by atoms with Gasteiger partial charge in [-0.25, -0.2) is 4.79 Å². The number of rotatable bonds is 13. The maximum absolute atomic E-state index is 12.0. The van der Waals surface area contributed by atoms with Crippen LogP contribution in [0.5, 0.6) is 0 Å². The van der Waals surface area contributed by atoms with E-state index in [-0.39, 0.29) is 19.0 Å². The average molecular weight is 358 g/mol. The van der Waals surface area contributed by atoms with E-state index in [9.17, 15) is 14.4 Å². The Morgan fingerprint density at radius 3 is 2.00 bits per heavy atom. The molecule has 0 N–H and O–H groups in total. The van der Waals surface area contributed by atoms with Crippen LogP contribution in [0.2, 0.25) is 0 Å². The van der Waals surface area contributed by atoms with Gasteiger partial charge in [0.2, 0.25) is 5.91 Å². The van der Waals surface area contributed by atoms with Crippen LogP contribution in [0.1, 0.15) is 58.8 Å². The molecule has 0 aromatic heterocycles. The summed E-state index contributed by atoms with van der Waals surface area (Å²) in [6, 6.07) is 0. The third-order valence-electron chi connectivity index (χ3n) is 3.67. The number of amides is 2. The van der Waals surface area contributed by atoms with Gasteiger partial charge >= 0.3 is 12.1 Å². The minimum Gasteiger partial charge on any atom is -0.464 e. The van der Waals surface area contributed by atoms with Crippen LogP contribution in [0, 0.1) is 0 Å². The van der Waals surface area contributed by atoms with Crippen molar-refractivity contribution in [3.63, 3.8) is 0 Å². The van der Waals surface area contributed by atoms with Crippen molar-refractivity contribution in [3.8, 4) is 0 Å². The molecule has 0 spiro atoms. The van der Waals surface area contributed by atoms with Gasteiger partial charge < -0.3 is 19.3 Å². The van der Waals surface area contributed by atoms with Crippen LogP contribution in [0.4, 0.5) is 4.79 Å². The molecule has 0 fully saturated rings. The van der Waals surface area contributed by atoms with E-state index in [1.54, 1.807) is 0 Å². The zero-order valence-corrected chi connectivity index (χ0v) is 16.2. The van der Waals surface area contributed by atoms with Crippen molar-refractivity contribution in [2.24, 2.45) is 0 Å². The predicted octanol–water partition coefficient (Wildman–Crippen LogP) is 2.83. The van der Waals surface area contributed by atoms with Crippen molar-refractivity contribution in [2.75, 3.05) is 40.4 Å². The van der Waals surface area contributed by atoms with E-state index in [2.05, 4.69) is 6.92 Å². The molecular formula is C18H34N2O5. The van der Waals surface area contributed by atoms with Gasteiger partial charge in [-0.05, 0) is 12.8 Å². The second-order valence-corrected chi connectivity index (χ2v) is 6.21.